The smallest absolute Gasteiger partial charge is 0.223 e. The normalized spacial score (nSPS) is 23.0. The van der Waals surface area contributed by atoms with Gasteiger partial charge >= 0.3 is 0 Å². The number of carbonyl (C=O) groups excluding carboxylic acids is 1. The summed E-state index contributed by atoms with van der Waals surface area (Å²) in [5, 5.41) is 2.94. The van der Waals surface area contributed by atoms with Crippen LogP contribution in [0.5, 0.6) is 0 Å². The molecule has 2 aliphatic heterocycles. The summed E-state index contributed by atoms with van der Waals surface area (Å²) in [6.07, 6.45) is 3.64. The molecular weight excluding hydrogens is 340 g/mol. The lowest BCUT2D eigenvalue weighted by Crippen LogP contribution is -2.40. The largest absolute Gasteiger partial charge is 0.486 e. The molecule has 0 bridgehead atoms. The van der Waals surface area contributed by atoms with Crippen molar-refractivity contribution in [3.63, 3.8) is 0 Å². The van der Waals surface area contributed by atoms with Gasteiger partial charge in [-0.25, -0.2) is 0 Å². The van der Waals surface area contributed by atoms with Gasteiger partial charge in [0.2, 0.25) is 5.91 Å². The van der Waals surface area contributed by atoms with Crippen LogP contribution in [0.3, 0.4) is 0 Å². The first-order valence-corrected chi connectivity index (χ1v) is 9.84. The zero-order valence-electron chi connectivity index (χ0n) is 16.4. The number of carbonyl (C=O) groups is 1. The van der Waals surface area contributed by atoms with Crippen molar-refractivity contribution in [2.24, 2.45) is 5.92 Å². The number of nitrogens with zero attached hydrogens (tertiary/aromatic N) is 1. The Morgan fingerprint density at radius 1 is 1.30 bits per heavy atom. The molecule has 1 atom stereocenters. The molecule has 2 heterocycles. The summed E-state index contributed by atoms with van der Waals surface area (Å²) in [4.78, 5) is 14.4. The third-order valence-corrected chi connectivity index (χ3v) is 5.28. The van der Waals surface area contributed by atoms with Gasteiger partial charge in [-0.1, -0.05) is 30.8 Å². The number of likely N-dealkylation sites (tertiary alicyclic amines) is 1. The van der Waals surface area contributed by atoms with E-state index in [1.165, 1.54) is 5.56 Å². The Morgan fingerprint density at radius 2 is 2.00 bits per heavy atom. The molecule has 0 radical (unpaired) electrons. The van der Waals surface area contributed by atoms with Crippen molar-refractivity contribution >= 4 is 5.91 Å². The number of hydrogen-bond donors (Lipinski definition) is 1. The van der Waals surface area contributed by atoms with E-state index in [1.54, 1.807) is 0 Å². The van der Waals surface area contributed by atoms with Crippen molar-refractivity contribution in [3.05, 3.63) is 59.6 Å². The Bertz CT molecular complexity index is 688. The number of hydrogen-bond acceptors (Lipinski definition) is 4. The van der Waals surface area contributed by atoms with E-state index >= 15 is 0 Å². The van der Waals surface area contributed by atoms with Crippen molar-refractivity contribution in [2.75, 3.05) is 26.2 Å². The SMILES string of the molecule is C=C1O[C@@H](c2ccc(CN3CCC(C(=O)NCC)CC3)cc2)CO/C1=C/C. The second-order valence-corrected chi connectivity index (χ2v) is 7.18. The second kappa shape index (κ2) is 9.09. The van der Waals surface area contributed by atoms with Gasteiger partial charge in [0, 0.05) is 19.0 Å². The van der Waals surface area contributed by atoms with Gasteiger partial charge in [-0.2, -0.15) is 0 Å². The fraction of sp³-hybridized carbons (Fsp3) is 0.500. The van der Waals surface area contributed by atoms with E-state index < -0.39 is 0 Å². The number of ether oxygens (including phenoxy) is 2. The first-order chi connectivity index (χ1) is 13.1. The minimum atomic E-state index is -0.108. The van der Waals surface area contributed by atoms with Crippen LogP contribution in [0.25, 0.3) is 0 Å². The molecule has 0 spiro atoms. The van der Waals surface area contributed by atoms with E-state index in [4.69, 9.17) is 9.47 Å². The molecule has 2 saturated heterocycles. The minimum absolute atomic E-state index is 0.108. The first kappa shape index (κ1) is 19.5. The molecular formula is C22H30N2O3. The van der Waals surface area contributed by atoms with E-state index in [1.807, 2.05) is 19.9 Å². The van der Waals surface area contributed by atoms with Gasteiger partial charge < -0.3 is 14.8 Å². The predicted molar refractivity (Wildman–Crippen MR) is 106 cm³/mol. The Kier molecular flexibility index (Phi) is 6.56. The Morgan fingerprint density at radius 3 is 2.59 bits per heavy atom. The van der Waals surface area contributed by atoms with Crippen molar-refractivity contribution in [2.45, 2.75) is 39.3 Å². The standard InChI is InChI=1S/C22H30N2O3/c1-4-20-16(3)27-21(15-26-20)18-8-6-17(7-9-18)14-24-12-10-19(11-13-24)22(25)23-5-2/h4,6-9,19,21H,3,5,10-15H2,1-2H3,(H,23,25)/b20-4+/t21-/m1/s1. The summed E-state index contributed by atoms with van der Waals surface area (Å²) in [7, 11) is 0. The highest BCUT2D eigenvalue weighted by atomic mass is 16.6. The molecule has 1 aromatic rings. The fourth-order valence-corrected chi connectivity index (χ4v) is 3.69. The van der Waals surface area contributed by atoms with Crippen LogP contribution in [0.2, 0.25) is 0 Å². The van der Waals surface area contributed by atoms with Crippen LogP contribution in [-0.4, -0.2) is 37.0 Å². The quantitative estimate of drug-likeness (QED) is 0.861. The molecule has 1 amide bonds. The number of benzene rings is 1. The lowest BCUT2D eigenvalue weighted by atomic mass is 9.95. The van der Waals surface area contributed by atoms with Crippen molar-refractivity contribution in [3.8, 4) is 0 Å². The molecule has 0 aliphatic carbocycles. The Hall–Kier alpha value is -2.27. The van der Waals surface area contributed by atoms with Crippen LogP contribution in [0, 0.1) is 5.92 Å². The maximum absolute atomic E-state index is 12.0. The maximum Gasteiger partial charge on any atom is 0.223 e. The fourth-order valence-electron chi connectivity index (χ4n) is 3.69. The van der Waals surface area contributed by atoms with Gasteiger partial charge in [-0.3, -0.25) is 9.69 Å². The Balaban J connectivity index is 1.50. The average molecular weight is 370 g/mol. The molecule has 5 heteroatoms. The molecule has 146 valence electrons. The molecule has 0 unspecified atom stereocenters. The monoisotopic (exact) mass is 370 g/mol. The molecule has 3 rings (SSSR count). The number of piperidine rings is 1. The van der Waals surface area contributed by atoms with Crippen LogP contribution >= 0.6 is 0 Å². The van der Waals surface area contributed by atoms with Gasteiger partial charge in [0.25, 0.3) is 0 Å². The van der Waals surface area contributed by atoms with Gasteiger partial charge in [-0.05, 0) is 57.0 Å². The summed E-state index contributed by atoms with van der Waals surface area (Å²) in [6, 6.07) is 8.53. The summed E-state index contributed by atoms with van der Waals surface area (Å²) in [5.74, 6) is 1.69. The third-order valence-electron chi connectivity index (χ3n) is 5.28. The number of allylic oxidation sites excluding steroid dienone is 1. The Labute approximate surface area is 162 Å². The van der Waals surface area contributed by atoms with E-state index in [2.05, 4.69) is 41.1 Å². The van der Waals surface area contributed by atoms with Crippen LogP contribution in [0.4, 0.5) is 0 Å². The van der Waals surface area contributed by atoms with Gasteiger partial charge in [-0.15, -0.1) is 0 Å². The highest BCUT2D eigenvalue weighted by Crippen LogP contribution is 2.30. The lowest BCUT2D eigenvalue weighted by molar-refractivity contribution is -0.126. The van der Waals surface area contributed by atoms with Crippen molar-refractivity contribution in [1.29, 1.82) is 0 Å². The van der Waals surface area contributed by atoms with Crippen LogP contribution in [0.1, 0.15) is 43.9 Å². The van der Waals surface area contributed by atoms with Crippen molar-refractivity contribution < 1.29 is 14.3 Å². The summed E-state index contributed by atoms with van der Waals surface area (Å²) in [6.45, 7) is 11.9. The first-order valence-electron chi connectivity index (χ1n) is 9.84. The lowest BCUT2D eigenvalue weighted by Gasteiger charge is -2.31. The molecule has 2 fully saturated rings. The van der Waals surface area contributed by atoms with Gasteiger partial charge in [0.1, 0.15) is 6.61 Å². The van der Waals surface area contributed by atoms with E-state index in [0.29, 0.717) is 18.9 Å². The summed E-state index contributed by atoms with van der Waals surface area (Å²) < 4.78 is 11.6. The topological polar surface area (TPSA) is 50.8 Å². The molecule has 0 aromatic heterocycles. The average Bonchev–Trinajstić information content (AvgIpc) is 2.69. The van der Waals surface area contributed by atoms with Gasteiger partial charge in [0.15, 0.2) is 17.6 Å². The predicted octanol–water partition coefficient (Wildman–Crippen LogP) is 3.54. The third kappa shape index (κ3) is 4.92. The summed E-state index contributed by atoms with van der Waals surface area (Å²) >= 11 is 0. The zero-order chi connectivity index (χ0) is 19.2. The molecule has 2 aliphatic rings. The van der Waals surface area contributed by atoms with E-state index in [9.17, 15) is 4.79 Å². The minimum Gasteiger partial charge on any atom is -0.486 e. The van der Waals surface area contributed by atoms with Crippen LogP contribution in [-0.2, 0) is 20.8 Å². The van der Waals surface area contributed by atoms with Crippen LogP contribution in [0.15, 0.2) is 48.4 Å². The number of nitrogens with one attached hydrogen (secondary N) is 1. The summed E-state index contributed by atoms with van der Waals surface area (Å²) in [5.41, 5.74) is 2.38. The molecule has 27 heavy (non-hydrogen) atoms. The molecule has 0 saturated carbocycles. The van der Waals surface area contributed by atoms with E-state index in [-0.39, 0.29) is 17.9 Å². The van der Waals surface area contributed by atoms with E-state index in [0.717, 1.165) is 43.8 Å². The highest BCUT2D eigenvalue weighted by Gasteiger charge is 2.25. The van der Waals surface area contributed by atoms with Crippen LogP contribution < -0.4 is 5.32 Å². The molecule has 5 nitrogen and oxygen atoms in total. The maximum atomic E-state index is 12.0. The number of amides is 1. The zero-order valence-corrected chi connectivity index (χ0v) is 16.4. The number of rotatable bonds is 5. The van der Waals surface area contributed by atoms with Crippen molar-refractivity contribution in [1.82, 2.24) is 10.2 Å². The molecule has 1 N–H and O–H groups in total. The van der Waals surface area contributed by atoms with Gasteiger partial charge in [0.05, 0.1) is 0 Å². The molecule has 1 aromatic carbocycles. The highest BCUT2D eigenvalue weighted by molar-refractivity contribution is 5.78. The second-order valence-electron chi connectivity index (χ2n) is 7.18.